The molecule has 3 N–H and O–H groups in total. The van der Waals surface area contributed by atoms with Gasteiger partial charge in [-0.1, -0.05) is 13.3 Å². The first-order chi connectivity index (χ1) is 14.7. The molecule has 1 heterocycles. The fourth-order valence-electron chi connectivity index (χ4n) is 3.67. The molecule has 1 aliphatic heterocycles. The van der Waals surface area contributed by atoms with Gasteiger partial charge in [0.1, 0.15) is 18.2 Å². The lowest BCUT2D eigenvalue weighted by Crippen LogP contribution is -2.57. The highest BCUT2D eigenvalue weighted by molar-refractivity contribution is 7.91. The summed E-state index contributed by atoms with van der Waals surface area (Å²) >= 11 is 0. The quantitative estimate of drug-likeness (QED) is 0.565. The maximum Gasteiger partial charge on any atom is 0.243 e. The first kappa shape index (κ1) is 23.1. The smallest absolute Gasteiger partial charge is 0.243 e. The Morgan fingerprint density at radius 2 is 1.94 bits per heavy atom. The van der Waals surface area contributed by atoms with E-state index in [0.29, 0.717) is 17.9 Å². The predicted octanol–water partition coefficient (Wildman–Crippen LogP) is 1.06. The molecule has 2 fully saturated rings. The molecule has 1 saturated carbocycles. The summed E-state index contributed by atoms with van der Waals surface area (Å²) in [6.45, 7) is 2.61. The van der Waals surface area contributed by atoms with Crippen LogP contribution in [0.2, 0.25) is 0 Å². The highest BCUT2D eigenvalue weighted by Gasteiger charge is 2.43. The molecule has 0 aromatic heterocycles. The Hall–Kier alpha value is -2.59. The van der Waals surface area contributed by atoms with Crippen molar-refractivity contribution in [3.8, 4) is 5.75 Å². The first-order valence-electron chi connectivity index (χ1n) is 10.2. The molecule has 0 spiro atoms. The van der Waals surface area contributed by atoms with E-state index in [1.165, 1.54) is 29.2 Å². The fourth-order valence-corrected chi connectivity index (χ4v) is 5.05. The zero-order valence-electron chi connectivity index (χ0n) is 17.6. The standard InChI is InChI=1S/C21H29N3O6S/c1-21(7-2-8-21)20(27)23-9-10-24(19(26)12-23)15-31(28,29)18-5-3-17(4-6-18)30-14-16(11-22)13-25/h3-6,13,25H,2,7-12,14-15,22H2,1H3/b16-13+. The molecule has 170 valence electrons. The highest BCUT2D eigenvalue weighted by Crippen LogP contribution is 2.42. The largest absolute Gasteiger partial charge is 0.515 e. The average molecular weight is 452 g/mol. The predicted molar refractivity (Wildman–Crippen MR) is 114 cm³/mol. The first-order valence-corrected chi connectivity index (χ1v) is 11.9. The molecule has 1 saturated heterocycles. The normalized spacial score (nSPS) is 19.2. The van der Waals surface area contributed by atoms with Crippen molar-refractivity contribution >= 4 is 21.7 Å². The number of aliphatic hydroxyl groups is 1. The monoisotopic (exact) mass is 451 g/mol. The molecule has 1 aliphatic carbocycles. The van der Waals surface area contributed by atoms with Gasteiger partial charge in [-0.2, -0.15) is 0 Å². The van der Waals surface area contributed by atoms with Crippen LogP contribution < -0.4 is 10.5 Å². The summed E-state index contributed by atoms with van der Waals surface area (Å²) in [5.74, 6) is -0.384. The van der Waals surface area contributed by atoms with Crippen LogP contribution >= 0.6 is 0 Å². The second-order valence-corrected chi connectivity index (χ2v) is 10.3. The molecular formula is C21H29N3O6S. The van der Waals surface area contributed by atoms with Crippen molar-refractivity contribution in [3.63, 3.8) is 0 Å². The number of benzene rings is 1. The zero-order chi connectivity index (χ0) is 22.6. The van der Waals surface area contributed by atoms with Gasteiger partial charge in [0.05, 0.1) is 17.7 Å². The number of nitrogens with two attached hydrogens (primary N) is 1. The molecule has 0 radical (unpaired) electrons. The molecule has 1 aromatic rings. The van der Waals surface area contributed by atoms with Gasteiger partial charge >= 0.3 is 0 Å². The van der Waals surface area contributed by atoms with Crippen LogP contribution in [0, 0.1) is 5.41 Å². The van der Waals surface area contributed by atoms with Crippen LogP contribution in [-0.4, -0.2) is 73.8 Å². The van der Waals surface area contributed by atoms with Gasteiger partial charge in [-0.3, -0.25) is 9.59 Å². The molecule has 9 nitrogen and oxygen atoms in total. The van der Waals surface area contributed by atoms with Crippen LogP contribution in [0.15, 0.2) is 41.0 Å². The SMILES string of the molecule is CC1(C(=O)N2CCN(CS(=O)(=O)c3ccc(OC/C(=C/O)CN)cc3)C(=O)C2)CCC1. The number of rotatable bonds is 8. The lowest BCUT2D eigenvalue weighted by atomic mass is 9.69. The maximum absolute atomic E-state index is 12.8. The summed E-state index contributed by atoms with van der Waals surface area (Å²) in [7, 11) is -3.74. The van der Waals surface area contributed by atoms with Crippen LogP contribution in [0.25, 0.3) is 0 Å². The summed E-state index contributed by atoms with van der Waals surface area (Å²) in [6.07, 6.45) is 3.57. The van der Waals surface area contributed by atoms with E-state index in [4.69, 9.17) is 15.6 Å². The van der Waals surface area contributed by atoms with E-state index >= 15 is 0 Å². The van der Waals surface area contributed by atoms with E-state index in [-0.39, 0.29) is 48.4 Å². The average Bonchev–Trinajstić information content (AvgIpc) is 2.74. The maximum atomic E-state index is 12.8. The van der Waals surface area contributed by atoms with Gasteiger partial charge in [0.15, 0.2) is 9.84 Å². The number of amides is 2. The van der Waals surface area contributed by atoms with Crippen LogP contribution in [0.5, 0.6) is 5.75 Å². The zero-order valence-corrected chi connectivity index (χ0v) is 18.4. The Morgan fingerprint density at radius 1 is 1.26 bits per heavy atom. The second-order valence-electron chi connectivity index (χ2n) is 8.29. The van der Waals surface area contributed by atoms with Crippen molar-refractivity contribution in [2.75, 3.05) is 38.7 Å². The van der Waals surface area contributed by atoms with Crippen LogP contribution in [0.1, 0.15) is 26.2 Å². The number of nitrogens with zero attached hydrogens (tertiary/aromatic N) is 2. The van der Waals surface area contributed by atoms with Crippen molar-refractivity contribution in [1.29, 1.82) is 0 Å². The highest BCUT2D eigenvalue weighted by atomic mass is 32.2. The Labute approximate surface area is 182 Å². The van der Waals surface area contributed by atoms with Gasteiger partial charge in [0.2, 0.25) is 11.8 Å². The number of aliphatic hydroxyl groups excluding tert-OH is 1. The third kappa shape index (κ3) is 5.19. The van der Waals surface area contributed by atoms with Crippen molar-refractivity contribution in [2.45, 2.75) is 31.1 Å². The minimum atomic E-state index is -3.74. The molecule has 1 aromatic carbocycles. The van der Waals surface area contributed by atoms with Crippen molar-refractivity contribution in [1.82, 2.24) is 9.80 Å². The van der Waals surface area contributed by atoms with Gasteiger partial charge in [-0.15, -0.1) is 0 Å². The minimum absolute atomic E-state index is 0.0148. The number of sulfone groups is 1. The van der Waals surface area contributed by atoms with E-state index in [0.717, 1.165) is 25.5 Å². The number of hydrogen-bond donors (Lipinski definition) is 2. The molecule has 0 atom stereocenters. The summed E-state index contributed by atoms with van der Waals surface area (Å²) in [5.41, 5.74) is 5.56. The summed E-state index contributed by atoms with van der Waals surface area (Å²) in [5, 5.41) is 8.98. The Kier molecular flexibility index (Phi) is 6.90. The molecule has 3 rings (SSSR count). The second kappa shape index (κ2) is 9.27. The van der Waals surface area contributed by atoms with Gasteiger partial charge in [-0.05, 0) is 37.1 Å². The van der Waals surface area contributed by atoms with Gasteiger partial charge in [-0.25, -0.2) is 8.42 Å². The summed E-state index contributed by atoms with van der Waals surface area (Å²) < 4.78 is 31.0. The van der Waals surface area contributed by atoms with Crippen molar-refractivity contribution < 1.29 is 27.9 Å². The Bertz CT molecular complexity index is 954. The summed E-state index contributed by atoms with van der Waals surface area (Å²) in [6, 6.07) is 5.85. The van der Waals surface area contributed by atoms with E-state index < -0.39 is 15.7 Å². The molecule has 2 amide bonds. The van der Waals surface area contributed by atoms with E-state index in [1.54, 1.807) is 4.90 Å². The van der Waals surface area contributed by atoms with E-state index in [2.05, 4.69) is 0 Å². The number of ether oxygens (including phenoxy) is 1. The van der Waals surface area contributed by atoms with Crippen LogP contribution in [-0.2, 0) is 19.4 Å². The van der Waals surface area contributed by atoms with Gasteiger partial charge in [0.25, 0.3) is 0 Å². The number of carbonyl (C=O) groups is 2. The number of hydrogen-bond acceptors (Lipinski definition) is 7. The van der Waals surface area contributed by atoms with Crippen LogP contribution in [0.4, 0.5) is 0 Å². The fraction of sp³-hybridized carbons (Fsp3) is 0.524. The Balaban J connectivity index is 1.58. The lowest BCUT2D eigenvalue weighted by molar-refractivity contribution is -0.153. The topological polar surface area (TPSA) is 130 Å². The number of carbonyl (C=O) groups excluding carboxylic acids is 2. The third-order valence-electron chi connectivity index (χ3n) is 5.96. The molecule has 31 heavy (non-hydrogen) atoms. The molecule has 10 heteroatoms. The minimum Gasteiger partial charge on any atom is -0.515 e. The number of piperazine rings is 1. The van der Waals surface area contributed by atoms with Crippen LogP contribution in [0.3, 0.4) is 0 Å². The van der Waals surface area contributed by atoms with Gasteiger partial charge < -0.3 is 25.4 Å². The summed E-state index contributed by atoms with van der Waals surface area (Å²) in [4.78, 5) is 28.1. The van der Waals surface area contributed by atoms with E-state index in [9.17, 15) is 18.0 Å². The molecular weight excluding hydrogens is 422 g/mol. The van der Waals surface area contributed by atoms with E-state index in [1.807, 2.05) is 6.92 Å². The van der Waals surface area contributed by atoms with Gasteiger partial charge in [0, 0.05) is 30.6 Å². The lowest BCUT2D eigenvalue weighted by Gasteiger charge is -2.43. The molecule has 0 bridgehead atoms. The van der Waals surface area contributed by atoms with Crippen molar-refractivity contribution in [2.24, 2.45) is 11.1 Å². The third-order valence-corrected chi connectivity index (χ3v) is 7.60. The molecule has 0 unspecified atom stereocenters. The molecule has 2 aliphatic rings. The van der Waals surface area contributed by atoms with Crippen molar-refractivity contribution in [3.05, 3.63) is 36.1 Å². The Morgan fingerprint density at radius 3 is 2.45 bits per heavy atom.